The number of nitrogens with zero attached hydrogens (tertiary/aromatic N) is 2. The van der Waals surface area contributed by atoms with E-state index in [-0.39, 0.29) is 18.9 Å². The van der Waals surface area contributed by atoms with Gasteiger partial charge in [0, 0.05) is 18.6 Å². The molecule has 2 amide bonds. The van der Waals surface area contributed by atoms with E-state index in [1.165, 1.54) is 35.4 Å². The predicted molar refractivity (Wildman–Crippen MR) is 86.7 cm³/mol. The lowest BCUT2D eigenvalue weighted by atomic mass is 10.2. The average Bonchev–Trinajstić information content (AvgIpc) is 3.05. The van der Waals surface area contributed by atoms with Crippen LogP contribution < -0.4 is 10.1 Å². The van der Waals surface area contributed by atoms with Crippen LogP contribution in [-0.2, 0) is 6.18 Å². The molecule has 2 N–H and O–H groups in total. The number of amides is 2. The third-order valence-electron chi connectivity index (χ3n) is 3.10. The van der Waals surface area contributed by atoms with E-state index in [1.807, 2.05) is 0 Å². The number of nitrogens with one attached hydrogen (secondary N) is 1. The molecule has 0 bridgehead atoms. The molecule has 0 radical (unpaired) electrons. The van der Waals surface area contributed by atoms with Crippen LogP contribution in [0.2, 0.25) is 0 Å². The maximum Gasteiger partial charge on any atom is 0.416 e. The van der Waals surface area contributed by atoms with Crippen molar-refractivity contribution in [2.75, 3.05) is 25.5 Å². The topological polar surface area (TPSA) is 74.7 Å². The minimum absolute atomic E-state index is 0.0160. The van der Waals surface area contributed by atoms with Crippen LogP contribution in [0.4, 0.5) is 23.1 Å². The van der Waals surface area contributed by atoms with E-state index in [4.69, 9.17) is 4.74 Å². The number of alkyl halides is 3. The molecular formula is C15H16F3N3O3S. The minimum atomic E-state index is -4.41. The molecule has 0 saturated heterocycles. The van der Waals surface area contributed by atoms with Gasteiger partial charge in [0.1, 0.15) is 18.5 Å². The number of benzene rings is 1. The highest BCUT2D eigenvalue weighted by atomic mass is 32.1. The summed E-state index contributed by atoms with van der Waals surface area (Å²) in [6.45, 7) is -0.182. The molecule has 1 aromatic heterocycles. The summed E-state index contributed by atoms with van der Waals surface area (Å²) in [6, 6.07) is 3.71. The molecule has 1 aromatic carbocycles. The maximum absolute atomic E-state index is 12.5. The first-order valence-electron chi connectivity index (χ1n) is 7.15. The molecule has 136 valence electrons. The van der Waals surface area contributed by atoms with E-state index in [9.17, 15) is 23.1 Å². The molecule has 0 aliphatic rings. The molecule has 1 heterocycles. The minimum Gasteiger partial charge on any atom is -0.491 e. The Balaban J connectivity index is 1.78. The van der Waals surface area contributed by atoms with Crippen LogP contribution in [0, 0.1) is 0 Å². The first-order valence-corrected chi connectivity index (χ1v) is 8.03. The average molecular weight is 375 g/mol. The van der Waals surface area contributed by atoms with Gasteiger partial charge in [-0.3, -0.25) is 5.32 Å². The van der Waals surface area contributed by atoms with Gasteiger partial charge in [-0.2, -0.15) is 13.2 Å². The van der Waals surface area contributed by atoms with Gasteiger partial charge in [-0.1, -0.05) is 0 Å². The number of likely N-dealkylation sites (N-methyl/N-ethyl adjacent to an activating group) is 1. The summed E-state index contributed by atoms with van der Waals surface area (Å²) in [5.41, 5.74) is -0.779. The number of carbonyl (C=O) groups is 1. The second-order valence-electron chi connectivity index (χ2n) is 5.13. The number of aliphatic hydroxyl groups excluding tert-OH is 1. The van der Waals surface area contributed by atoms with Crippen LogP contribution in [0.25, 0.3) is 0 Å². The number of carbonyl (C=O) groups excluding carboxylic acids is 1. The third-order valence-corrected chi connectivity index (χ3v) is 3.79. The second-order valence-corrected chi connectivity index (χ2v) is 6.03. The monoisotopic (exact) mass is 375 g/mol. The molecule has 6 nitrogen and oxygen atoms in total. The highest BCUT2D eigenvalue weighted by molar-refractivity contribution is 7.13. The molecule has 0 spiro atoms. The smallest absolute Gasteiger partial charge is 0.416 e. The SMILES string of the molecule is CN(CC(O)COc1ccc(C(F)(F)F)cc1)C(=O)Nc1nccs1. The largest absolute Gasteiger partial charge is 0.491 e. The first kappa shape index (κ1) is 19.0. The first-order chi connectivity index (χ1) is 11.8. The molecule has 2 rings (SSSR count). The van der Waals surface area contributed by atoms with Crippen molar-refractivity contribution in [1.82, 2.24) is 9.88 Å². The lowest BCUT2D eigenvalue weighted by molar-refractivity contribution is -0.137. The summed E-state index contributed by atoms with van der Waals surface area (Å²) < 4.78 is 42.6. The molecule has 0 aliphatic carbocycles. The van der Waals surface area contributed by atoms with Crippen molar-refractivity contribution in [3.05, 3.63) is 41.4 Å². The van der Waals surface area contributed by atoms with Gasteiger partial charge in [-0.15, -0.1) is 11.3 Å². The molecule has 0 aliphatic heterocycles. The summed E-state index contributed by atoms with van der Waals surface area (Å²) in [4.78, 5) is 17.0. The van der Waals surface area contributed by atoms with E-state index < -0.39 is 23.9 Å². The van der Waals surface area contributed by atoms with Gasteiger partial charge in [0.15, 0.2) is 5.13 Å². The maximum atomic E-state index is 12.5. The fourth-order valence-electron chi connectivity index (χ4n) is 1.86. The number of ether oxygens (including phenoxy) is 1. The molecule has 0 saturated carbocycles. The van der Waals surface area contributed by atoms with Crippen molar-refractivity contribution >= 4 is 22.5 Å². The Hall–Kier alpha value is -2.33. The number of thiazole rings is 1. The van der Waals surface area contributed by atoms with E-state index in [1.54, 1.807) is 11.6 Å². The molecule has 0 fully saturated rings. The van der Waals surface area contributed by atoms with Gasteiger partial charge in [-0.05, 0) is 24.3 Å². The number of aliphatic hydroxyl groups is 1. The standard InChI is InChI=1S/C15H16F3N3O3S/c1-21(14(23)20-13-19-6-7-25-13)8-11(22)9-24-12-4-2-10(3-5-12)15(16,17)18/h2-7,11,22H,8-9H2,1H3,(H,19,20,23). The van der Waals surface area contributed by atoms with Gasteiger partial charge in [0.05, 0.1) is 12.1 Å². The number of anilines is 1. The number of rotatable bonds is 6. The Morgan fingerprint density at radius 3 is 2.64 bits per heavy atom. The molecular weight excluding hydrogens is 359 g/mol. The zero-order valence-corrected chi connectivity index (χ0v) is 14.0. The number of aromatic nitrogens is 1. The normalized spacial score (nSPS) is 12.5. The Morgan fingerprint density at radius 2 is 2.08 bits per heavy atom. The summed E-state index contributed by atoms with van der Waals surface area (Å²) in [6.07, 6.45) is -3.87. The molecule has 25 heavy (non-hydrogen) atoms. The van der Waals surface area contributed by atoms with Crippen molar-refractivity contribution in [2.45, 2.75) is 12.3 Å². The molecule has 1 unspecified atom stereocenters. The second kappa shape index (κ2) is 8.17. The van der Waals surface area contributed by atoms with Crippen LogP contribution in [0.1, 0.15) is 5.56 Å². The number of hydrogen-bond donors (Lipinski definition) is 2. The van der Waals surface area contributed by atoms with Crippen molar-refractivity contribution in [2.24, 2.45) is 0 Å². The Bertz CT molecular complexity index is 678. The Kier molecular flexibility index (Phi) is 6.21. The van der Waals surface area contributed by atoms with Crippen molar-refractivity contribution in [1.29, 1.82) is 0 Å². The van der Waals surface area contributed by atoms with Gasteiger partial charge in [0.2, 0.25) is 0 Å². The highest BCUT2D eigenvalue weighted by Gasteiger charge is 2.30. The van der Waals surface area contributed by atoms with Crippen molar-refractivity contribution < 1.29 is 27.8 Å². The van der Waals surface area contributed by atoms with Crippen LogP contribution in [0.3, 0.4) is 0 Å². The number of urea groups is 1. The lowest BCUT2D eigenvalue weighted by Crippen LogP contribution is -2.39. The van der Waals surface area contributed by atoms with Crippen LogP contribution in [0.5, 0.6) is 5.75 Å². The number of halogens is 3. The molecule has 1 atom stereocenters. The number of hydrogen-bond acceptors (Lipinski definition) is 5. The van der Waals surface area contributed by atoms with E-state index in [0.29, 0.717) is 5.13 Å². The van der Waals surface area contributed by atoms with Gasteiger partial charge in [0.25, 0.3) is 0 Å². The summed E-state index contributed by atoms with van der Waals surface area (Å²) >= 11 is 1.26. The van der Waals surface area contributed by atoms with E-state index >= 15 is 0 Å². The van der Waals surface area contributed by atoms with Gasteiger partial charge >= 0.3 is 12.2 Å². The third kappa shape index (κ3) is 5.91. The fourth-order valence-corrected chi connectivity index (χ4v) is 2.37. The van der Waals surface area contributed by atoms with Crippen molar-refractivity contribution in [3.63, 3.8) is 0 Å². The molecule has 10 heteroatoms. The molecule has 2 aromatic rings. The Labute approximate surface area is 145 Å². The van der Waals surface area contributed by atoms with Crippen LogP contribution in [-0.4, -0.2) is 47.3 Å². The van der Waals surface area contributed by atoms with Gasteiger partial charge < -0.3 is 14.7 Å². The lowest BCUT2D eigenvalue weighted by Gasteiger charge is -2.21. The van der Waals surface area contributed by atoms with E-state index in [0.717, 1.165) is 12.1 Å². The quantitative estimate of drug-likeness (QED) is 0.814. The van der Waals surface area contributed by atoms with Crippen molar-refractivity contribution in [3.8, 4) is 5.75 Å². The van der Waals surface area contributed by atoms with Crippen LogP contribution >= 0.6 is 11.3 Å². The highest BCUT2D eigenvalue weighted by Crippen LogP contribution is 2.30. The summed E-state index contributed by atoms with van der Waals surface area (Å²) in [7, 11) is 1.49. The zero-order chi connectivity index (χ0) is 18.4. The van der Waals surface area contributed by atoms with Crippen LogP contribution in [0.15, 0.2) is 35.8 Å². The van der Waals surface area contributed by atoms with E-state index in [2.05, 4.69) is 10.3 Å². The summed E-state index contributed by atoms with van der Waals surface area (Å²) in [5, 5.41) is 14.6. The summed E-state index contributed by atoms with van der Waals surface area (Å²) in [5.74, 6) is 0.196. The Morgan fingerprint density at radius 1 is 1.40 bits per heavy atom. The zero-order valence-electron chi connectivity index (χ0n) is 13.2. The predicted octanol–water partition coefficient (Wildman–Crippen LogP) is 3.07. The fraction of sp³-hybridized carbons (Fsp3) is 0.333. The van der Waals surface area contributed by atoms with Gasteiger partial charge in [-0.25, -0.2) is 9.78 Å².